The molecule has 2 aliphatic rings. The van der Waals surface area contributed by atoms with Crippen LogP contribution in [0.3, 0.4) is 0 Å². The van der Waals surface area contributed by atoms with Crippen LogP contribution in [0.2, 0.25) is 5.02 Å². The summed E-state index contributed by atoms with van der Waals surface area (Å²) in [7, 11) is 0. The van der Waals surface area contributed by atoms with Crippen molar-refractivity contribution in [2.75, 3.05) is 0 Å². The van der Waals surface area contributed by atoms with E-state index in [-0.39, 0.29) is 18.2 Å². The fraction of sp³-hybridized carbons (Fsp3) is 0.333. The average Bonchev–Trinajstić information content (AvgIpc) is 3.06. The fourth-order valence-corrected chi connectivity index (χ4v) is 3.59. The second-order valence-corrected chi connectivity index (χ2v) is 8.02. The minimum atomic E-state index is -0.451. The zero-order valence-corrected chi connectivity index (χ0v) is 17.1. The van der Waals surface area contributed by atoms with Crippen molar-refractivity contribution < 1.29 is 9.18 Å². The van der Waals surface area contributed by atoms with Gasteiger partial charge < -0.3 is 10.6 Å². The number of guanidine groups is 1. The lowest BCUT2D eigenvalue weighted by atomic mass is 9.93. The molecule has 1 aliphatic heterocycles. The molecule has 0 spiro atoms. The molecule has 2 aromatic rings. The predicted molar refractivity (Wildman–Crippen MR) is 114 cm³/mol. The maximum absolute atomic E-state index is 13.1. The number of benzene rings is 2. The first-order valence-corrected chi connectivity index (χ1v) is 10.3. The number of nitrogens with zero attached hydrogens (tertiary/aromatic N) is 2. The van der Waals surface area contributed by atoms with Crippen LogP contribution < -0.4 is 21.9 Å². The lowest BCUT2D eigenvalue weighted by Crippen LogP contribution is -2.56. The van der Waals surface area contributed by atoms with Crippen LogP contribution in [0, 0.1) is 5.82 Å². The normalized spacial score (nSPS) is 22.6. The number of carbonyl (C=O) groups is 1. The quantitative estimate of drug-likeness (QED) is 0.338. The van der Waals surface area contributed by atoms with E-state index in [1.165, 1.54) is 29.4 Å². The predicted octanol–water partition coefficient (Wildman–Crippen LogP) is 2.86. The number of aliphatic imine (C=N–C) groups is 1. The van der Waals surface area contributed by atoms with Crippen LogP contribution in [-0.4, -0.2) is 29.2 Å². The van der Waals surface area contributed by atoms with Gasteiger partial charge in [-0.05, 0) is 61.2 Å². The first-order valence-electron chi connectivity index (χ1n) is 9.95. The second kappa shape index (κ2) is 9.09. The number of nitrogens with two attached hydrogens (primary N) is 1. The molecular formula is C21H24ClFN6O. The molecule has 30 heavy (non-hydrogen) atoms. The number of hydrogen-bond acceptors (Lipinski definition) is 4. The first-order chi connectivity index (χ1) is 14.5. The van der Waals surface area contributed by atoms with Gasteiger partial charge in [0, 0.05) is 23.0 Å². The third kappa shape index (κ3) is 4.96. The Morgan fingerprint density at radius 1 is 1.13 bits per heavy atom. The summed E-state index contributed by atoms with van der Waals surface area (Å²) in [6, 6.07) is 13.2. The lowest BCUT2D eigenvalue weighted by Gasteiger charge is -2.30. The van der Waals surface area contributed by atoms with Crippen molar-refractivity contribution in [1.82, 2.24) is 21.2 Å². The van der Waals surface area contributed by atoms with Crippen LogP contribution >= 0.6 is 11.6 Å². The van der Waals surface area contributed by atoms with E-state index in [2.05, 4.69) is 21.1 Å². The van der Waals surface area contributed by atoms with Crippen LogP contribution in [0.25, 0.3) is 0 Å². The number of hydrogen-bond donors (Lipinski definition) is 4. The molecule has 9 heteroatoms. The van der Waals surface area contributed by atoms with Gasteiger partial charge in [-0.25, -0.2) is 9.82 Å². The summed E-state index contributed by atoms with van der Waals surface area (Å²) in [5.74, 6) is 5.67. The first kappa shape index (κ1) is 20.7. The van der Waals surface area contributed by atoms with Crippen LogP contribution in [-0.2, 0) is 0 Å². The van der Waals surface area contributed by atoms with Crippen LogP contribution in [0.1, 0.15) is 47.6 Å². The van der Waals surface area contributed by atoms with Crippen molar-refractivity contribution in [3.05, 3.63) is 70.5 Å². The highest BCUT2D eigenvalue weighted by molar-refractivity contribution is 6.30. The van der Waals surface area contributed by atoms with Gasteiger partial charge in [-0.3, -0.25) is 10.6 Å². The number of amides is 1. The molecule has 2 fully saturated rings. The molecule has 0 bridgehead atoms. The summed E-state index contributed by atoms with van der Waals surface area (Å²) in [6.45, 7) is 0. The van der Waals surface area contributed by atoms with Gasteiger partial charge >= 0.3 is 0 Å². The molecule has 5 N–H and O–H groups in total. The number of carbonyl (C=O) groups excluding carboxylic acids is 1. The van der Waals surface area contributed by atoms with Gasteiger partial charge in [0.2, 0.25) is 5.96 Å². The van der Waals surface area contributed by atoms with Gasteiger partial charge in [0.25, 0.3) is 5.91 Å². The molecule has 2 atom stereocenters. The van der Waals surface area contributed by atoms with Gasteiger partial charge in [0.1, 0.15) is 12.0 Å². The summed E-state index contributed by atoms with van der Waals surface area (Å²) in [6.07, 6.45) is 3.57. The maximum atomic E-state index is 13.1. The van der Waals surface area contributed by atoms with Gasteiger partial charge in [-0.2, -0.15) is 10.1 Å². The minimum absolute atomic E-state index is 0.00233. The van der Waals surface area contributed by atoms with Crippen molar-refractivity contribution in [2.24, 2.45) is 10.8 Å². The third-order valence-electron chi connectivity index (χ3n) is 5.43. The van der Waals surface area contributed by atoms with E-state index in [9.17, 15) is 9.18 Å². The van der Waals surface area contributed by atoms with Gasteiger partial charge in [-0.1, -0.05) is 23.7 Å². The highest BCUT2D eigenvalue weighted by Gasteiger charge is 2.32. The van der Waals surface area contributed by atoms with E-state index in [1.54, 1.807) is 0 Å². The van der Waals surface area contributed by atoms with Gasteiger partial charge in [0.15, 0.2) is 0 Å². The Morgan fingerprint density at radius 2 is 1.83 bits per heavy atom. The van der Waals surface area contributed by atoms with Crippen LogP contribution in [0.4, 0.5) is 4.39 Å². The monoisotopic (exact) mass is 430 g/mol. The third-order valence-corrected chi connectivity index (χ3v) is 5.68. The maximum Gasteiger partial charge on any atom is 0.280 e. The molecule has 0 radical (unpaired) electrons. The topological polar surface area (TPSA) is 94.8 Å². The Bertz CT molecular complexity index is 916. The lowest BCUT2D eigenvalue weighted by molar-refractivity contribution is 0.100. The van der Waals surface area contributed by atoms with Crippen molar-refractivity contribution in [1.29, 1.82) is 0 Å². The molecule has 1 saturated heterocycles. The Labute approximate surface area is 179 Å². The van der Waals surface area contributed by atoms with Crippen LogP contribution in [0.15, 0.2) is 53.5 Å². The summed E-state index contributed by atoms with van der Waals surface area (Å²) >= 11 is 5.98. The number of hydrazine groups is 2. The second-order valence-electron chi connectivity index (χ2n) is 7.58. The van der Waals surface area contributed by atoms with E-state index in [0.717, 1.165) is 24.8 Å². The highest BCUT2D eigenvalue weighted by Crippen LogP contribution is 2.26. The van der Waals surface area contributed by atoms with Crippen molar-refractivity contribution in [3.8, 4) is 0 Å². The number of nitrogens with one attached hydrogen (secondary N) is 3. The molecule has 4 rings (SSSR count). The summed E-state index contributed by atoms with van der Waals surface area (Å²) in [5.41, 5.74) is 4.59. The van der Waals surface area contributed by atoms with E-state index in [1.807, 2.05) is 24.3 Å². The molecule has 158 valence electrons. The van der Waals surface area contributed by atoms with E-state index < -0.39 is 11.7 Å². The Balaban J connectivity index is 1.47. The summed E-state index contributed by atoms with van der Waals surface area (Å²) in [5, 5.41) is 8.70. The average molecular weight is 431 g/mol. The summed E-state index contributed by atoms with van der Waals surface area (Å²) in [4.78, 5) is 16.8. The van der Waals surface area contributed by atoms with Gasteiger partial charge in [-0.15, -0.1) is 0 Å². The molecule has 0 aromatic heterocycles. The van der Waals surface area contributed by atoms with Crippen LogP contribution in [0.5, 0.6) is 0 Å². The fourth-order valence-electron chi connectivity index (χ4n) is 3.46. The number of rotatable bonds is 4. The van der Waals surface area contributed by atoms with Crippen molar-refractivity contribution >= 4 is 23.5 Å². The SMILES string of the molecule is NN1NC(c2ccc(Cl)cc2)CC1N/C(=N\C(=O)c1ccc(F)cc1)NC1CCC1. The molecular weight excluding hydrogens is 407 g/mol. The molecule has 1 aliphatic carbocycles. The largest absolute Gasteiger partial charge is 0.353 e. The zero-order chi connectivity index (χ0) is 21.1. The van der Waals surface area contributed by atoms with E-state index >= 15 is 0 Å². The standard InChI is InChI=1S/C21H24ClFN6O/c22-15-8-4-13(5-9-15)18-12-19(29(24)28-18)26-21(25-17-2-1-3-17)27-20(30)14-6-10-16(23)11-7-14/h4-11,17-19,28H,1-3,12,24H2,(H2,25,26,27,30). The minimum Gasteiger partial charge on any atom is -0.353 e. The summed E-state index contributed by atoms with van der Waals surface area (Å²) < 4.78 is 13.1. The molecule has 1 amide bonds. The molecule has 1 saturated carbocycles. The Kier molecular flexibility index (Phi) is 6.29. The zero-order valence-electron chi connectivity index (χ0n) is 16.3. The Hall–Kier alpha value is -2.52. The molecule has 7 nitrogen and oxygen atoms in total. The Morgan fingerprint density at radius 3 is 2.47 bits per heavy atom. The highest BCUT2D eigenvalue weighted by atomic mass is 35.5. The molecule has 2 aromatic carbocycles. The number of halogens is 2. The molecule has 1 heterocycles. The van der Waals surface area contributed by atoms with Crippen molar-refractivity contribution in [3.63, 3.8) is 0 Å². The van der Waals surface area contributed by atoms with E-state index in [4.69, 9.17) is 17.4 Å². The molecule has 2 unspecified atom stereocenters. The van der Waals surface area contributed by atoms with Crippen molar-refractivity contribution in [2.45, 2.75) is 43.9 Å². The smallest absolute Gasteiger partial charge is 0.280 e. The van der Waals surface area contributed by atoms with E-state index in [0.29, 0.717) is 23.0 Å². The van der Waals surface area contributed by atoms with Gasteiger partial charge in [0.05, 0.1) is 6.04 Å².